The number of nitrogens with zero attached hydrogens (tertiary/aromatic N) is 2. The fourth-order valence-electron chi connectivity index (χ4n) is 3.92. The number of aryl methyl sites for hydroxylation is 1. The fraction of sp³-hybridized carbons (Fsp3) is 0.700. The van der Waals surface area contributed by atoms with E-state index in [-0.39, 0.29) is 5.41 Å². The van der Waals surface area contributed by atoms with Crippen LogP contribution in [0.1, 0.15) is 18.9 Å². The number of hydrogen-bond donors (Lipinski definition) is 0. The van der Waals surface area contributed by atoms with E-state index < -0.39 is 8.56 Å². The Balaban J connectivity index is 2.99. The van der Waals surface area contributed by atoms with Crippen LogP contribution < -0.4 is 0 Å². The number of hydrogen-bond acceptors (Lipinski definition) is 4. The summed E-state index contributed by atoms with van der Waals surface area (Å²) in [6, 6.07) is 12.7. The first-order valence-electron chi connectivity index (χ1n) is 9.24. The highest BCUT2D eigenvalue weighted by atomic mass is 28.4. The lowest BCUT2D eigenvalue weighted by molar-refractivity contribution is 0.132. The minimum atomic E-state index is -2.27. The molecule has 4 nitrogen and oxygen atoms in total. The molecule has 0 aliphatic rings. The van der Waals surface area contributed by atoms with Crippen LogP contribution in [-0.4, -0.2) is 73.9 Å². The van der Waals surface area contributed by atoms with Crippen molar-refractivity contribution >= 4 is 8.56 Å². The molecule has 0 unspecified atom stereocenters. The molecule has 0 saturated carbocycles. The van der Waals surface area contributed by atoms with Crippen molar-refractivity contribution in [1.29, 1.82) is 0 Å². The van der Waals surface area contributed by atoms with Crippen molar-refractivity contribution in [1.82, 2.24) is 9.80 Å². The molecule has 0 radical (unpaired) electrons. The summed E-state index contributed by atoms with van der Waals surface area (Å²) in [5.41, 5.74) is 1.54. The van der Waals surface area contributed by atoms with E-state index in [2.05, 4.69) is 75.2 Å². The molecule has 0 saturated heterocycles. The van der Waals surface area contributed by atoms with Crippen LogP contribution in [0, 0.1) is 5.41 Å². The van der Waals surface area contributed by atoms with Gasteiger partial charge < -0.3 is 18.7 Å². The van der Waals surface area contributed by atoms with Crippen LogP contribution in [-0.2, 0) is 15.3 Å². The van der Waals surface area contributed by atoms with E-state index in [1.165, 1.54) is 5.56 Å². The van der Waals surface area contributed by atoms with Gasteiger partial charge in [-0.2, -0.15) is 0 Å². The van der Waals surface area contributed by atoms with Crippen LogP contribution in [0.3, 0.4) is 0 Å². The SMILES string of the molecule is CCC(CN(C)C)(CN(C)C)C[Si](CCc1ccccc1)(OC)OC. The van der Waals surface area contributed by atoms with Gasteiger partial charge in [0.1, 0.15) is 0 Å². The maximum Gasteiger partial charge on any atom is 0.338 e. The maximum atomic E-state index is 6.11. The Kier molecular flexibility index (Phi) is 9.31. The molecule has 0 aromatic heterocycles. The van der Waals surface area contributed by atoms with Gasteiger partial charge in [0.05, 0.1) is 0 Å². The summed E-state index contributed by atoms with van der Waals surface area (Å²) in [5, 5.41) is 0. The Bertz CT molecular complexity index is 466. The zero-order chi connectivity index (χ0) is 18.9. The van der Waals surface area contributed by atoms with Crippen molar-refractivity contribution in [2.75, 3.05) is 55.5 Å². The first-order valence-corrected chi connectivity index (χ1v) is 11.5. The summed E-state index contributed by atoms with van der Waals surface area (Å²) in [7, 11) is 10.0. The Hall–Kier alpha value is -0.723. The summed E-state index contributed by atoms with van der Waals surface area (Å²) >= 11 is 0. The fourth-order valence-corrected chi connectivity index (χ4v) is 7.25. The van der Waals surface area contributed by atoms with Crippen molar-refractivity contribution in [2.24, 2.45) is 5.41 Å². The van der Waals surface area contributed by atoms with E-state index in [0.29, 0.717) is 0 Å². The minimum absolute atomic E-state index is 0.182. The van der Waals surface area contributed by atoms with E-state index in [1.807, 2.05) is 14.2 Å². The lowest BCUT2D eigenvalue weighted by atomic mass is 9.86. The molecule has 0 atom stereocenters. The molecular formula is C20H38N2O2Si. The van der Waals surface area contributed by atoms with Crippen molar-refractivity contribution in [3.05, 3.63) is 35.9 Å². The van der Waals surface area contributed by atoms with Gasteiger partial charge in [-0.3, -0.25) is 0 Å². The number of benzene rings is 1. The van der Waals surface area contributed by atoms with Crippen LogP contribution in [0.5, 0.6) is 0 Å². The second-order valence-corrected chi connectivity index (χ2v) is 11.3. The molecule has 0 aliphatic carbocycles. The summed E-state index contributed by atoms with van der Waals surface area (Å²) < 4.78 is 12.2. The standard InChI is InChI=1S/C20H38N2O2Si/c1-8-20(16-21(2)3,17-22(4)5)18-25(23-6,24-7)15-14-19-12-10-9-11-13-19/h9-13H,8,14-18H2,1-7H3. The lowest BCUT2D eigenvalue weighted by Crippen LogP contribution is -2.51. The number of rotatable bonds is 12. The Morgan fingerprint density at radius 1 is 0.920 bits per heavy atom. The average molecular weight is 367 g/mol. The van der Waals surface area contributed by atoms with Gasteiger partial charge in [-0.15, -0.1) is 0 Å². The third kappa shape index (κ3) is 7.19. The van der Waals surface area contributed by atoms with Crippen LogP contribution >= 0.6 is 0 Å². The summed E-state index contributed by atoms with van der Waals surface area (Å²) in [6.07, 6.45) is 2.13. The third-order valence-electron chi connectivity index (χ3n) is 5.08. The second kappa shape index (κ2) is 10.4. The molecule has 25 heavy (non-hydrogen) atoms. The van der Waals surface area contributed by atoms with Gasteiger partial charge in [-0.05, 0) is 64.1 Å². The predicted octanol–water partition coefficient (Wildman–Crippen LogP) is 3.48. The van der Waals surface area contributed by atoms with Gasteiger partial charge in [-0.1, -0.05) is 37.3 Å². The van der Waals surface area contributed by atoms with Crippen LogP contribution in [0.2, 0.25) is 12.1 Å². The minimum Gasteiger partial charge on any atom is -0.398 e. The Morgan fingerprint density at radius 3 is 1.84 bits per heavy atom. The molecule has 5 heteroatoms. The molecule has 1 aromatic carbocycles. The van der Waals surface area contributed by atoms with E-state index >= 15 is 0 Å². The normalized spacial score (nSPS) is 13.0. The molecule has 1 aromatic rings. The van der Waals surface area contributed by atoms with Gasteiger partial charge in [0.2, 0.25) is 0 Å². The molecule has 0 heterocycles. The molecule has 0 aliphatic heterocycles. The van der Waals surface area contributed by atoms with E-state index in [1.54, 1.807) is 0 Å². The third-order valence-corrected chi connectivity index (χ3v) is 8.87. The highest BCUT2D eigenvalue weighted by Gasteiger charge is 2.44. The molecule has 0 N–H and O–H groups in total. The molecule has 1 rings (SSSR count). The van der Waals surface area contributed by atoms with E-state index in [9.17, 15) is 0 Å². The zero-order valence-electron chi connectivity index (χ0n) is 17.3. The topological polar surface area (TPSA) is 24.9 Å². The van der Waals surface area contributed by atoms with Gasteiger partial charge in [0.15, 0.2) is 0 Å². The quantitative estimate of drug-likeness (QED) is 0.529. The van der Waals surface area contributed by atoms with Crippen LogP contribution in [0.25, 0.3) is 0 Å². The van der Waals surface area contributed by atoms with E-state index in [4.69, 9.17) is 8.85 Å². The molecule has 0 amide bonds. The summed E-state index contributed by atoms with van der Waals surface area (Å²) in [4.78, 5) is 4.60. The molecule has 0 fully saturated rings. The van der Waals surface area contributed by atoms with Gasteiger partial charge >= 0.3 is 8.56 Å². The van der Waals surface area contributed by atoms with Crippen molar-refractivity contribution < 1.29 is 8.85 Å². The molecule has 144 valence electrons. The van der Waals surface area contributed by atoms with Crippen LogP contribution in [0.15, 0.2) is 30.3 Å². The van der Waals surface area contributed by atoms with Crippen molar-refractivity contribution in [2.45, 2.75) is 31.9 Å². The Labute approximate surface area is 156 Å². The van der Waals surface area contributed by atoms with Crippen LogP contribution in [0.4, 0.5) is 0 Å². The Morgan fingerprint density at radius 2 is 1.44 bits per heavy atom. The lowest BCUT2D eigenvalue weighted by Gasteiger charge is -2.42. The molecular weight excluding hydrogens is 328 g/mol. The average Bonchev–Trinajstić information content (AvgIpc) is 2.58. The van der Waals surface area contributed by atoms with Gasteiger partial charge in [-0.25, -0.2) is 0 Å². The molecule has 0 spiro atoms. The van der Waals surface area contributed by atoms with Crippen molar-refractivity contribution in [3.8, 4) is 0 Å². The summed E-state index contributed by atoms with van der Waals surface area (Å²) in [6.45, 7) is 4.40. The van der Waals surface area contributed by atoms with Gasteiger partial charge in [0.25, 0.3) is 0 Å². The largest absolute Gasteiger partial charge is 0.398 e. The van der Waals surface area contributed by atoms with Gasteiger partial charge in [0, 0.05) is 27.3 Å². The summed E-state index contributed by atoms with van der Waals surface area (Å²) in [5.74, 6) is 0. The smallest absolute Gasteiger partial charge is 0.338 e. The second-order valence-electron chi connectivity index (χ2n) is 7.81. The first-order chi connectivity index (χ1) is 11.8. The predicted molar refractivity (Wildman–Crippen MR) is 109 cm³/mol. The highest BCUT2D eigenvalue weighted by Crippen LogP contribution is 2.37. The zero-order valence-corrected chi connectivity index (χ0v) is 18.3. The van der Waals surface area contributed by atoms with Crippen molar-refractivity contribution in [3.63, 3.8) is 0 Å². The first kappa shape index (κ1) is 22.3. The maximum absolute atomic E-state index is 6.11. The molecule has 0 bridgehead atoms. The van der Waals surface area contributed by atoms with E-state index in [0.717, 1.165) is 38.0 Å². The highest BCUT2D eigenvalue weighted by molar-refractivity contribution is 6.67. The monoisotopic (exact) mass is 366 g/mol.